The van der Waals surface area contributed by atoms with Crippen LogP contribution in [0.3, 0.4) is 0 Å². The van der Waals surface area contributed by atoms with Gasteiger partial charge in [0, 0.05) is 18.5 Å². The third kappa shape index (κ3) is 6.14. The van der Waals surface area contributed by atoms with Crippen LogP contribution >= 0.6 is 24.0 Å². The Morgan fingerprint density at radius 1 is 1.17 bits per heavy atom. The van der Waals surface area contributed by atoms with E-state index in [1.807, 2.05) is 31.2 Å². The van der Waals surface area contributed by atoms with E-state index in [0.29, 0.717) is 13.1 Å². The molecule has 0 fully saturated rings. The molecule has 6 heteroatoms. The van der Waals surface area contributed by atoms with Crippen LogP contribution in [0.25, 0.3) is 0 Å². The van der Waals surface area contributed by atoms with Gasteiger partial charge in [-0.1, -0.05) is 26.0 Å². The van der Waals surface area contributed by atoms with Crippen molar-refractivity contribution in [2.24, 2.45) is 4.99 Å². The van der Waals surface area contributed by atoms with Gasteiger partial charge in [0.25, 0.3) is 0 Å². The fraction of sp³-hybridized carbons (Fsp3) is 0.389. The maximum absolute atomic E-state index is 13.1. The van der Waals surface area contributed by atoms with Crippen LogP contribution in [0.15, 0.2) is 52.1 Å². The number of nitrogens with one attached hydrogen (secondary N) is 2. The lowest BCUT2D eigenvalue weighted by molar-refractivity contribution is 0.501. The molecular weight excluding hydrogens is 420 g/mol. The summed E-state index contributed by atoms with van der Waals surface area (Å²) in [4.78, 5) is 4.51. The van der Waals surface area contributed by atoms with Crippen molar-refractivity contribution in [3.8, 4) is 0 Å². The molecule has 0 spiro atoms. The molecule has 0 radical (unpaired) electrons. The first-order valence-corrected chi connectivity index (χ1v) is 7.82. The van der Waals surface area contributed by atoms with Gasteiger partial charge in [0.05, 0.1) is 6.26 Å². The van der Waals surface area contributed by atoms with Gasteiger partial charge in [0.2, 0.25) is 0 Å². The van der Waals surface area contributed by atoms with E-state index in [4.69, 9.17) is 4.42 Å². The maximum Gasteiger partial charge on any atom is 0.191 e. The predicted octanol–water partition coefficient (Wildman–Crippen LogP) is 4.07. The van der Waals surface area contributed by atoms with Crippen molar-refractivity contribution in [2.75, 3.05) is 13.1 Å². The molecule has 2 rings (SSSR count). The predicted molar refractivity (Wildman–Crippen MR) is 106 cm³/mol. The molecule has 0 saturated carbocycles. The van der Waals surface area contributed by atoms with Crippen LogP contribution in [0.2, 0.25) is 0 Å². The van der Waals surface area contributed by atoms with E-state index in [-0.39, 0.29) is 35.2 Å². The van der Waals surface area contributed by atoms with E-state index in [1.165, 1.54) is 12.1 Å². The molecule has 4 nitrogen and oxygen atoms in total. The molecule has 0 saturated heterocycles. The van der Waals surface area contributed by atoms with Crippen molar-refractivity contribution < 1.29 is 8.81 Å². The van der Waals surface area contributed by atoms with E-state index < -0.39 is 0 Å². The highest BCUT2D eigenvalue weighted by molar-refractivity contribution is 14.0. The topological polar surface area (TPSA) is 49.6 Å². The highest BCUT2D eigenvalue weighted by Gasteiger charge is 2.21. The Labute approximate surface area is 160 Å². The van der Waals surface area contributed by atoms with Crippen LogP contribution in [0.5, 0.6) is 0 Å². The largest absolute Gasteiger partial charge is 0.467 e. The zero-order valence-corrected chi connectivity index (χ0v) is 16.6. The molecule has 0 amide bonds. The van der Waals surface area contributed by atoms with Gasteiger partial charge in [-0.2, -0.15) is 0 Å². The average Bonchev–Trinajstić information content (AvgIpc) is 3.04. The van der Waals surface area contributed by atoms with Crippen LogP contribution in [0.1, 0.15) is 32.1 Å². The minimum Gasteiger partial charge on any atom is -0.467 e. The SMILES string of the molecule is CCNC(=NCc1ccco1)NCC(C)(C)c1ccc(F)cc1.I. The number of benzene rings is 1. The van der Waals surface area contributed by atoms with Gasteiger partial charge in [-0.15, -0.1) is 24.0 Å². The Bertz CT molecular complexity index is 624. The molecule has 2 aromatic rings. The van der Waals surface area contributed by atoms with E-state index >= 15 is 0 Å². The Hall–Kier alpha value is -1.57. The number of rotatable bonds is 6. The first-order chi connectivity index (χ1) is 11.0. The van der Waals surface area contributed by atoms with Gasteiger partial charge < -0.3 is 15.1 Å². The van der Waals surface area contributed by atoms with Gasteiger partial charge in [-0.3, -0.25) is 0 Å². The zero-order chi connectivity index (χ0) is 16.7. The molecule has 0 atom stereocenters. The third-order valence-electron chi connectivity index (χ3n) is 3.64. The average molecular weight is 445 g/mol. The zero-order valence-electron chi connectivity index (χ0n) is 14.3. The summed E-state index contributed by atoms with van der Waals surface area (Å²) < 4.78 is 18.4. The summed E-state index contributed by atoms with van der Waals surface area (Å²) in [5, 5.41) is 6.56. The van der Waals surface area contributed by atoms with Crippen LogP contribution in [-0.4, -0.2) is 19.0 Å². The van der Waals surface area contributed by atoms with E-state index in [2.05, 4.69) is 29.5 Å². The Morgan fingerprint density at radius 2 is 1.88 bits per heavy atom. The number of hydrogen-bond donors (Lipinski definition) is 2. The number of nitrogens with zero attached hydrogens (tertiary/aromatic N) is 1. The molecule has 0 aliphatic carbocycles. The summed E-state index contributed by atoms with van der Waals surface area (Å²) in [7, 11) is 0. The smallest absolute Gasteiger partial charge is 0.191 e. The molecule has 132 valence electrons. The minimum absolute atomic E-state index is 0. The second-order valence-corrected chi connectivity index (χ2v) is 6.02. The normalized spacial score (nSPS) is 11.8. The van der Waals surface area contributed by atoms with Gasteiger partial charge >= 0.3 is 0 Å². The summed E-state index contributed by atoms with van der Waals surface area (Å²) >= 11 is 0. The van der Waals surface area contributed by atoms with Gasteiger partial charge in [-0.25, -0.2) is 9.38 Å². The molecule has 1 aromatic heterocycles. The number of hydrogen-bond acceptors (Lipinski definition) is 2. The Morgan fingerprint density at radius 3 is 2.46 bits per heavy atom. The molecular formula is C18H25FIN3O. The van der Waals surface area contributed by atoms with Crippen LogP contribution in [0.4, 0.5) is 4.39 Å². The quantitative estimate of drug-likeness (QED) is 0.401. The van der Waals surface area contributed by atoms with Gasteiger partial charge in [0.15, 0.2) is 5.96 Å². The van der Waals surface area contributed by atoms with Crippen LogP contribution < -0.4 is 10.6 Å². The first-order valence-electron chi connectivity index (χ1n) is 7.82. The summed E-state index contributed by atoms with van der Waals surface area (Å²) in [6.45, 7) is 8.20. The second kappa shape index (κ2) is 9.66. The molecule has 0 aliphatic rings. The van der Waals surface area contributed by atoms with E-state index in [9.17, 15) is 4.39 Å². The van der Waals surface area contributed by atoms with Gasteiger partial charge in [-0.05, 0) is 36.8 Å². The van der Waals surface area contributed by atoms with Crippen molar-refractivity contribution in [3.05, 3.63) is 59.8 Å². The Balaban J connectivity index is 0.00000288. The summed E-state index contributed by atoms with van der Waals surface area (Å²) in [6.07, 6.45) is 1.64. The summed E-state index contributed by atoms with van der Waals surface area (Å²) in [5.74, 6) is 1.34. The van der Waals surface area contributed by atoms with Crippen molar-refractivity contribution in [1.82, 2.24) is 10.6 Å². The standard InChI is InChI=1S/C18H24FN3O.HI/c1-4-20-17(21-12-16-6-5-11-23-16)22-13-18(2,3)14-7-9-15(19)10-8-14;/h5-11H,4,12-13H2,1-3H3,(H2,20,21,22);1H. The number of furan rings is 1. The van der Waals surface area contributed by atoms with Crippen molar-refractivity contribution in [3.63, 3.8) is 0 Å². The lowest BCUT2D eigenvalue weighted by Crippen LogP contribution is -2.43. The molecule has 1 heterocycles. The van der Waals surface area contributed by atoms with Crippen molar-refractivity contribution in [2.45, 2.75) is 32.7 Å². The monoisotopic (exact) mass is 445 g/mol. The number of guanidine groups is 1. The molecule has 2 N–H and O–H groups in total. The molecule has 0 bridgehead atoms. The third-order valence-corrected chi connectivity index (χ3v) is 3.64. The summed E-state index contributed by atoms with van der Waals surface area (Å²) in [6, 6.07) is 10.4. The first kappa shape index (κ1) is 20.5. The lowest BCUT2D eigenvalue weighted by Gasteiger charge is -2.26. The molecule has 0 unspecified atom stereocenters. The minimum atomic E-state index is -0.217. The highest BCUT2D eigenvalue weighted by atomic mass is 127. The van der Waals surface area contributed by atoms with Crippen molar-refractivity contribution in [1.29, 1.82) is 0 Å². The van der Waals surface area contributed by atoms with Crippen LogP contribution in [-0.2, 0) is 12.0 Å². The van der Waals surface area contributed by atoms with Gasteiger partial charge in [0.1, 0.15) is 18.1 Å². The second-order valence-electron chi connectivity index (χ2n) is 6.02. The fourth-order valence-corrected chi connectivity index (χ4v) is 2.21. The maximum atomic E-state index is 13.1. The van der Waals surface area contributed by atoms with E-state index in [0.717, 1.165) is 23.8 Å². The molecule has 1 aromatic carbocycles. The molecule has 0 aliphatic heterocycles. The van der Waals surface area contributed by atoms with Crippen LogP contribution in [0, 0.1) is 5.82 Å². The number of aliphatic imine (C=N–C) groups is 1. The fourth-order valence-electron chi connectivity index (χ4n) is 2.21. The van der Waals surface area contributed by atoms with Crippen molar-refractivity contribution >= 4 is 29.9 Å². The number of halogens is 2. The highest BCUT2D eigenvalue weighted by Crippen LogP contribution is 2.22. The molecule has 24 heavy (non-hydrogen) atoms. The van der Waals surface area contributed by atoms with E-state index in [1.54, 1.807) is 6.26 Å². The Kier molecular flexibility index (Phi) is 8.24. The summed E-state index contributed by atoms with van der Waals surface area (Å²) in [5.41, 5.74) is 0.933. The lowest BCUT2D eigenvalue weighted by atomic mass is 9.84.